The number of benzene rings is 1. The number of nitrogens with zero attached hydrogens (tertiary/aromatic N) is 4. The van der Waals surface area contributed by atoms with Crippen molar-refractivity contribution in [1.29, 1.82) is 0 Å². The maximum atomic E-state index is 11.4. The molecule has 5 nitrogen and oxygen atoms in total. The van der Waals surface area contributed by atoms with Gasteiger partial charge in [0.1, 0.15) is 0 Å². The zero-order chi connectivity index (χ0) is 13.9. The predicted molar refractivity (Wildman–Crippen MR) is 76.7 cm³/mol. The van der Waals surface area contributed by atoms with E-state index in [9.17, 15) is 4.79 Å². The Hall–Kier alpha value is -1.95. The molecule has 0 unspecified atom stereocenters. The summed E-state index contributed by atoms with van der Waals surface area (Å²) in [7, 11) is 0. The first-order valence-electron chi connectivity index (χ1n) is 6.49. The number of hydrogen-bond donors (Lipinski definition) is 0. The Bertz CT molecular complexity index is 660. The van der Waals surface area contributed by atoms with Gasteiger partial charge in [0.25, 0.3) is 0 Å². The quantitative estimate of drug-likeness (QED) is 0.868. The Balaban J connectivity index is 1.87. The second kappa shape index (κ2) is 5.58. The third kappa shape index (κ3) is 2.80. The zero-order valence-electron chi connectivity index (χ0n) is 11.1. The molecule has 1 heterocycles. The van der Waals surface area contributed by atoms with E-state index in [0.29, 0.717) is 11.6 Å². The van der Waals surface area contributed by atoms with E-state index in [-0.39, 0.29) is 5.78 Å². The van der Waals surface area contributed by atoms with Crippen LogP contribution in [0.4, 0.5) is 0 Å². The van der Waals surface area contributed by atoms with E-state index in [1.807, 2.05) is 31.2 Å². The topological polar surface area (TPSA) is 60.7 Å². The van der Waals surface area contributed by atoms with E-state index in [1.165, 1.54) is 17.3 Å². The van der Waals surface area contributed by atoms with E-state index in [0.717, 1.165) is 23.4 Å². The highest BCUT2D eigenvalue weighted by atomic mass is 32.2. The number of hydrogen-bond acceptors (Lipinski definition) is 5. The lowest BCUT2D eigenvalue weighted by Gasteiger charge is -2.10. The molecule has 0 radical (unpaired) electrons. The summed E-state index contributed by atoms with van der Waals surface area (Å²) in [4.78, 5) is 12.5. The Morgan fingerprint density at radius 2 is 2.00 bits per heavy atom. The third-order valence-corrected chi connectivity index (χ3v) is 4.13. The Kier molecular flexibility index (Phi) is 3.64. The fraction of sp³-hybridized carbons (Fsp3) is 0.286. The lowest BCUT2D eigenvalue weighted by atomic mass is 10.1. The average Bonchev–Trinajstić information content (AvgIpc) is 2.88. The molecule has 0 aliphatic heterocycles. The van der Waals surface area contributed by atoms with Crippen LogP contribution in [0.2, 0.25) is 0 Å². The van der Waals surface area contributed by atoms with Gasteiger partial charge in [0.15, 0.2) is 5.78 Å². The van der Waals surface area contributed by atoms with Crippen molar-refractivity contribution < 1.29 is 4.79 Å². The molecule has 0 N–H and O–H groups in total. The highest BCUT2D eigenvalue weighted by molar-refractivity contribution is 8.03. The minimum Gasteiger partial charge on any atom is -0.295 e. The molecule has 0 saturated carbocycles. The summed E-state index contributed by atoms with van der Waals surface area (Å²) < 4.78 is 1.70. The van der Waals surface area contributed by atoms with Gasteiger partial charge in [-0.1, -0.05) is 29.5 Å². The van der Waals surface area contributed by atoms with Gasteiger partial charge in [-0.3, -0.25) is 4.79 Å². The minimum absolute atomic E-state index is 0.188. The van der Waals surface area contributed by atoms with Crippen LogP contribution in [0.25, 0.3) is 5.69 Å². The van der Waals surface area contributed by atoms with Gasteiger partial charge < -0.3 is 0 Å². The number of thioether (sulfide) groups is 1. The first kappa shape index (κ1) is 13.1. The molecule has 0 fully saturated rings. The van der Waals surface area contributed by atoms with Crippen LogP contribution in [0, 0.1) is 6.92 Å². The van der Waals surface area contributed by atoms with Gasteiger partial charge in [0, 0.05) is 6.42 Å². The summed E-state index contributed by atoms with van der Waals surface area (Å²) in [6.07, 6.45) is 4.18. The number of carbonyl (C=O) groups is 1. The monoisotopic (exact) mass is 286 g/mol. The number of tetrazole rings is 1. The van der Waals surface area contributed by atoms with E-state index >= 15 is 0 Å². The average molecular weight is 286 g/mol. The van der Waals surface area contributed by atoms with Gasteiger partial charge in [-0.15, -0.1) is 5.10 Å². The van der Waals surface area contributed by atoms with Crippen molar-refractivity contribution in [1.82, 2.24) is 20.2 Å². The van der Waals surface area contributed by atoms with Gasteiger partial charge in [0.2, 0.25) is 5.16 Å². The molecule has 3 rings (SSSR count). The Morgan fingerprint density at radius 3 is 2.75 bits per heavy atom. The second-order valence-electron chi connectivity index (χ2n) is 4.74. The Morgan fingerprint density at radius 1 is 1.20 bits per heavy atom. The first-order valence-corrected chi connectivity index (χ1v) is 7.31. The molecule has 20 heavy (non-hydrogen) atoms. The molecule has 102 valence electrons. The largest absolute Gasteiger partial charge is 0.295 e. The third-order valence-electron chi connectivity index (χ3n) is 3.11. The number of rotatable bonds is 3. The first-order chi connectivity index (χ1) is 9.72. The van der Waals surface area contributed by atoms with Crippen molar-refractivity contribution in [2.24, 2.45) is 0 Å². The normalized spacial score (nSPS) is 15.2. The standard InChI is InChI=1S/C14H14N4OS/c1-10-5-7-11(8-6-10)18-14(15-16-17-18)20-13-4-2-3-12(19)9-13/h5-9H,2-4H2,1H3. The van der Waals surface area contributed by atoms with E-state index in [1.54, 1.807) is 10.8 Å². The number of allylic oxidation sites excluding steroid dienone is 2. The molecule has 6 heteroatoms. The van der Waals surface area contributed by atoms with E-state index < -0.39 is 0 Å². The summed E-state index contributed by atoms with van der Waals surface area (Å²) in [6.45, 7) is 2.04. The number of aryl methyl sites for hydroxylation is 1. The van der Waals surface area contributed by atoms with Crippen molar-refractivity contribution in [2.75, 3.05) is 0 Å². The molecule has 1 aliphatic carbocycles. The summed E-state index contributed by atoms with van der Waals surface area (Å²) in [5, 5.41) is 12.5. The van der Waals surface area contributed by atoms with Crippen LogP contribution in [0.15, 0.2) is 40.4 Å². The summed E-state index contributed by atoms with van der Waals surface area (Å²) in [6, 6.07) is 8.01. The molecule has 2 aromatic rings. The molecule has 1 aromatic carbocycles. The number of ketones is 1. The molecular formula is C14H14N4OS. The molecule has 0 amide bonds. The lowest BCUT2D eigenvalue weighted by Crippen LogP contribution is -2.03. The van der Waals surface area contributed by atoms with Crippen LogP contribution < -0.4 is 0 Å². The van der Waals surface area contributed by atoms with Crippen molar-refractivity contribution in [3.05, 3.63) is 40.8 Å². The van der Waals surface area contributed by atoms with Crippen molar-refractivity contribution in [3.8, 4) is 5.69 Å². The number of aromatic nitrogens is 4. The maximum absolute atomic E-state index is 11.4. The molecular weight excluding hydrogens is 272 g/mol. The Labute approximate surface area is 121 Å². The van der Waals surface area contributed by atoms with E-state index in [4.69, 9.17) is 0 Å². The zero-order valence-corrected chi connectivity index (χ0v) is 11.9. The molecule has 1 aliphatic rings. The van der Waals surface area contributed by atoms with Gasteiger partial charge >= 0.3 is 0 Å². The summed E-state index contributed by atoms with van der Waals surface area (Å²) >= 11 is 1.47. The smallest absolute Gasteiger partial charge is 0.218 e. The highest BCUT2D eigenvalue weighted by Gasteiger charge is 2.15. The molecule has 0 saturated heterocycles. The predicted octanol–water partition coefficient (Wildman–Crippen LogP) is 2.70. The van der Waals surface area contributed by atoms with Crippen molar-refractivity contribution >= 4 is 17.5 Å². The van der Waals surface area contributed by atoms with Crippen LogP contribution >= 0.6 is 11.8 Å². The fourth-order valence-electron chi connectivity index (χ4n) is 2.05. The van der Waals surface area contributed by atoms with Crippen LogP contribution in [-0.4, -0.2) is 26.0 Å². The molecule has 0 atom stereocenters. The molecule has 0 bridgehead atoms. The molecule has 1 aromatic heterocycles. The second-order valence-corrected chi connectivity index (χ2v) is 5.84. The van der Waals surface area contributed by atoms with Crippen molar-refractivity contribution in [2.45, 2.75) is 31.3 Å². The van der Waals surface area contributed by atoms with Gasteiger partial charge in [0.05, 0.1) is 5.69 Å². The lowest BCUT2D eigenvalue weighted by molar-refractivity contribution is -0.115. The SMILES string of the molecule is Cc1ccc(-n2nnnc2SC2=CC(=O)CCC2)cc1. The van der Waals surface area contributed by atoms with Crippen LogP contribution in [0.3, 0.4) is 0 Å². The number of carbonyl (C=O) groups excluding carboxylic acids is 1. The van der Waals surface area contributed by atoms with E-state index in [2.05, 4.69) is 15.5 Å². The minimum atomic E-state index is 0.188. The van der Waals surface area contributed by atoms with Gasteiger partial charge in [-0.2, -0.15) is 4.68 Å². The van der Waals surface area contributed by atoms with Crippen LogP contribution in [0.1, 0.15) is 24.8 Å². The summed E-state index contributed by atoms with van der Waals surface area (Å²) in [5.41, 5.74) is 2.11. The van der Waals surface area contributed by atoms with Crippen molar-refractivity contribution in [3.63, 3.8) is 0 Å². The summed E-state index contributed by atoms with van der Waals surface area (Å²) in [5.74, 6) is 0.188. The van der Waals surface area contributed by atoms with Gasteiger partial charge in [-0.05, 0) is 53.3 Å². The highest BCUT2D eigenvalue weighted by Crippen LogP contribution is 2.31. The van der Waals surface area contributed by atoms with Gasteiger partial charge in [-0.25, -0.2) is 0 Å². The maximum Gasteiger partial charge on any atom is 0.218 e. The van der Waals surface area contributed by atoms with Crippen LogP contribution in [0.5, 0.6) is 0 Å². The van der Waals surface area contributed by atoms with Crippen LogP contribution in [-0.2, 0) is 4.79 Å². The fourth-order valence-corrected chi connectivity index (χ4v) is 3.03. The molecule has 0 spiro atoms.